The van der Waals surface area contributed by atoms with Crippen LogP contribution in [0.15, 0.2) is 30.3 Å². The minimum atomic E-state index is -0.689. The average Bonchev–Trinajstić information content (AvgIpc) is 2.44. The van der Waals surface area contributed by atoms with Gasteiger partial charge in [-0.25, -0.2) is 0 Å². The Kier molecular flexibility index (Phi) is 8.06. The summed E-state index contributed by atoms with van der Waals surface area (Å²) in [4.78, 5) is 11.3. The van der Waals surface area contributed by atoms with Crippen molar-refractivity contribution in [3.8, 4) is 0 Å². The van der Waals surface area contributed by atoms with E-state index < -0.39 is 5.97 Å². The summed E-state index contributed by atoms with van der Waals surface area (Å²) in [6.07, 6.45) is 3.87. The maximum atomic E-state index is 11.3. The minimum Gasteiger partial charge on any atom is -0.481 e. The van der Waals surface area contributed by atoms with E-state index in [9.17, 15) is 9.90 Å². The van der Waals surface area contributed by atoms with Gasteiger partial charge in [-0.1, -0.05) is 57.5 Å². The molecule has 0 aliphatic carbocycles. The molecule has 0 fully saturated rings. The van der Waals surface area contributed by atoms with E-state index >= 15 is 0 Å². The second kappa shape index (κ2) is 9.56. The molecule has 3 heteroatoms. The molecular weight excluding hydrogens is 262 g/mol. The van der Waals surface area contributed by atoms with Crippen LogP contribution in [0.25, 0.3) is 0 Å². The third-order valence-corrected chi connectivity index (χ3v) is 3.72. The number of nitrogens with one attached hydrogen (secondary N) is 1. The standard InChI is InChI=1S/C18H29NO2/c1-4-8-17(12-15-9-6-5-7-10-15)19-13-16(18(20)21)11-14(2)3/h5-7,9-10,14,16-17,19H,4,8,11-13H2,1-3H3,(H,20,21). The van der Waals surface area contributed by atoms with Crippen LogP contribution in [-0.2, 0) is 11.2 Å². The molecule has 0 aliphatic rings. The number of carboxylic acids is 1. The predicted octanol–water partition coefficient (Wildman–Crippen LogP) is 3.73. The van der Waals surface area contributed by atoms with Crippen molar-refractivity contribution >= 4 is 5.97 Å². The van der Waals surface area contributed by atoms with Gasteiger partial charge in [-0.05, 0) is 30.7 Å². The summed E-state index contributed by atoms with van der Waals surface area (Å²) in [6.45, 7) is 6.88. The zero-order valence-corrected chi connectivity index (χ0v) is 13.5. The number of carboxylic acid groups (broad SMARTS) is 1. The Morgan fingerprint density at radius 2 is 1.90 bits per heavy atom. The largest absolute Gasteiger partial charge is 0.481 e. The second-order valence-corrected chi connectivity index (χ2v) is 6.25. The Morgan fingerprint density at radius 3 is 2.43 bits per heavy atom. The number of hydrogen-bond acceptors (Lipinski definition) is 2. The number of hydrogen-bond donors (Lipinski definition) is 2. The predicted molar refractivity (Wildman–Crippen MR) is 87.4 cm³/mol. The second-order valence-electron chi connectivity index (χ2n) is 6.25. The highest BCUT2D eigenvalue weighted by molar-refractivity contribution is 5.70. The molecule has 1 aromatic rings. The molecule has 3 nitrogen and oxygen atoms in total. The molecule has 2 N–H and O–H groups in total. The molecule has 0 bridgehead atoms. The summed E-state index contributed by atoms with van der Waals surface area (Å²) in [5, 5.41) is 12.8. The van der Waals surface area contributed by atoms with Crippen LogP contribution < -0.4 is 5.32 Å². The highest BCUT2D eigenvalue weighted by Crippen LogP contribution is 2.13. The van der Waals surface area contributed by atoms with Crippen LogP contribution in [0.2, 0.25) is 0 Å². The van der Waals surface area contributed by atoms with Gasteiger partial charge in [0.25, 0.3) is 0 Å². The smallest absolute Gasteiger partial charge is 0.307 e. The van der Waals surface area contributed by atoms with E-state index in [2.05, 4.69) is 50.4 Å². The van der Waals surface area contributed by atoms with Crippen LogP contribution in [-0.4, -0.2) is 23.7 Å². The Balaban J connectivity index is 2.54. The van der Waals surface area contributed by atoms with Crippen LogP contribution in [0.3, 0.4) is 0 Å². The molecule has 1 rings (SSSR count). The third kappa shape index (κ3) is 7.28. The molecule has 0 heterocycles. The lowest BCUT2D eigenvalue weighted by Gasteiger charge is -2.22. The maximum absolute atomic E-state index is 11.3. The minimum absolute atomic E-state index is 0.292. The van der Waals surface area contributed by atoms with E-state index in [1.165, 1.54) is 5.56 Å². The first-order valence-electron chi connectivity index (χ1n) is 8.03. The van der Waals surface area contributed by atoms with Crippen LogP contribution in [0.5, 0.6) is 0 Å². The molecule has 0 aliphatic heterocycles. The molecule has 0 amide bonds. The highest BCUT2D eigenvalue weighted by atomic mass is 16.4. The molecule has 1 aromatic carbocycles. The number of aliphatic carboxylic acids is 1. The molecule has 118 valence electrons. The van der Waals surface area contributed by atoms with Gasteiger partial charge in [-0.3, -0.25) is 4.79 Å². The zero-order valence-electron chi connectivity index (χ0n) is 13.5. The maximum Gasteiger partial charge on any atom is 0.307 e. The summed E-state index contributed by atoms with van der Waals surface area (Å²) in [6, 6.07) is 10.7. The quantitative estimate of drug-likeness (QED) is 0.690. The topological polar surface area (TPSA) is 49.3 Å². The lowest BCUT2D eigenvalue weighted by molar-refractivity contribution is -0.142. The van der Waals surface area contributed by atoms with Gasteiger partial charge in [0.15, 0.2) is 0 Å². The Bertz CT molecular complexity index is 403. The van der Waals surface area contributed by atoms with Gasteiger partial charge in [0, 0.05) is 12.6 Å². The average molecular weight is 291 g/mol. The monoisotopic (exact) mass is 291 g/mol. The van der Waals surface area contributed by atoms with E-state index in [0.29, 0.717) is 18.5 Å². The van der Waals surface area contributed by atoms with E-state index in [1.54, 1.807) is 0 Å². The first-order chi connectivity index (χ1) is 10.0. The summed E-state index contributed by atoms with van der Waals surface area (Å²) in [7, 11) is 0. The lowest BCUT2D eigenvalue weighted by atomic mass is 9.96. The third-order valence-electron chi connectivity index (χ3n) is 3.72. The normalized spacial score (nSPS) is 14.1. The van der Waals surface area contributed by atoms with E-state index in [1.807, 2.05) is 6.07 Å². The van der Waals surface area contributed by atoms with Crippen molar-refractivity contribution < 1.29 is 9.90 Å². The van der Waals surface area contributed by atoms with Gasteiger partial charge in [-0.2, -0.15) is 0 Å². The Hall–Kier alpha value is -1.35. The fraction of sp³-hybridized carbons (Fsp3) is 0.611. The van der Waals surface area contributed by atoms with Crippen molar-refractivity contribution in [3.05, 3.63) is 35.9 Å². The van der Waals surface area contributed by atoms with Crippen molar-refractivity contribution in [1.82, 2.24) is 5.32 Å². The van der Waals surface area contributed by atoms with Gasteiger partial charge >= 0.3 is 5.97 Å². The molecular formula is C18H29NO2. The molecule has 2 atom stereocenters. The highest BCUT2D eigenvalue weighted by Gasteiger charge is 2.20. The number of benzene rings is 1. The molecule has 0 radical (unpaired) electrons. The number of carbonyl (C=O) groups is 1. The molecule has 2 unspecified atom stereocenters. The lowest BCUT2D eigenvalue weighted by Crippen LogP contribution is -2.37. The first kappa shape index (κ1) is 17.7. The first-order valence-corrected chi connectivity index (χ1v) is 8.03. The van der Waals surface area contributed by atoms with Gasteiger partial charge < -0.3 is 10.4 Å². The van der Waals surface area contributed by atoms with Gasteiger partial charge in [0.2, 0.25) is 0 Å². The van der Waals surface area contributed by atoms with Crippen molar-refractivity contribution in [2.45, 2.75) is 52.5 Å². The van der Waals surface area contributed by atoms with Gasteiger partial charge in [0.1, 0.15) is 0 Å². The fourth-order valence-corrected chi connectivity index (χ4v) is 2.67. The SMILES string of the molecule is CCCC(Cc1ccccc1)NCC(CC(C)C)C(=O)O. The molecule has 0 spiro atoms. The Morgan fingerprint density at radius 1 is 1.24 bits per heavy atom. The van der Waals surface area contributed by atoms with Crippen LogP contribution >= 0.6 is 0 Å². The summed E-state index contributed by atoms with van der Waals surface area (Å²) in [5.41, 5.74) is 1.30. The van der Waals surface area contributed by atoms with Crippen molar-refractivity contribution in [3.63, 3.8) is 0 Å². The molecule has 21 heavy (non-hydrogen) atoms. The number of rotatable bonds is 10. The van der Waals surface area contributed by atoms with Gasteiger partial charge in [-0.15, -0.1) is 0 Å². The van der Waals surface area contributed by atoms with E-state index in [0.717, 1.165) is 25.7 Å². The Labute approximate surface area is 128 Å². The molecule has 0 saturated carbocycles. The van der Waals surface area contributed by atoms with Gasteiger partial charge in [0.05, 0.1) is 5.92 Å². The van der Waals surface area contributed by atoms with Crippen LogP contribution in [0.1, 0.15) is 45.6 Å². The van der Waals surface area contributed by atoms with Crippen LogP contribution in [0.4, 0.5) is 0 Å². The van der Waals surface area contributed by atoms with Crippen molar-refractivity contribution in [2.24, 2.45) is 11.8 Å². The van der Waals surface area contributed by atoms with Crippen molar-refractivity contribution in [2.75, 3.05) is 6.54 Å². The van der Waals surface area contributed by atoms with E-state index in [4.69, 9.17) is 0 Å². The summed E-state index contributed by atoms with van der Waals surface area (Å²) >= 11 is 0. The van der Waals surface area contributed by atoms with E-state index in [-0.39, 0.29) is 5.92 Å². The van der Waals surface area contributed by atoms with Crippen molar-refractivity contribution in [1.29, 1.82) is 0 Å². The summed E-state index contributed by atoms with van der Waals surface area (Å²) < 4.78 is 0. The molecule has 0 saturated heterocycles. The fourth-order valence-electron chi connectivity index (χ4n) is 2.67. The van der Waals surface area contributed by atoms with Crippen LogP contribution in [0, 0.1) is 11.8 Å². The summed E-state index contributed by atoms with van der Waals surface area (Å²) in [5.74, 6) is -0.571. The molecule has 0 aromatic heterocycles. The zero-order chi connectivity index (χ0) is 15.7.